The highest BCUT2D eigenvalue weighted by atomic mass is 16.5. The minimum atomic E-state index is 0.577. The maximum Gasteiger partial charge on any atom is 0.180 e. The molecule has 1 saturated carbocycles. The van der Waals surface area contributed by atoms with Gasteiger partial charge in [-0.1, -0.05) is 0 Å². The van der Waals surface area contributed by atoms with Crippen molar-refractivity contribution in [2.75, 3.05) is 18.5 Å². The van der Waals surface area contributed by atoms with Crippen molar-refractivity contribution in [3.05, 3.63) is 23.8 Å². The normalized spacial score (nSPS) is 17.6. The van der Waals surface area contributed by atoms with Crippen LogP contribution in [0.2, 0.25) is 0 Å². The molecule has 0 atom stereocenters. The van der Waals surface area contributed by atoms with E-state index in [1.807, 2.05) is 12.5 Å². The Bertz CT molecular complexity index is 662. The van der Waals surface area contributed by atoms with Gasteiger partial charge in [-0.2, -0.15) is 0 Å². The van der Waals surface area contributed by atoms with E-state index in [2.05, 4.69) is 21.8 Å². The van der Waals surface area contributed by atoms with Crippen LogP contribution < -0.4 is 5.32 Å². The van der Waals surface area contributed by atoms with Gasteiger partial charge in [-0.15, -0.1) is 0 Å². The van der Waals surface area contributed by atoms with Crippen LogP contribution in [0.1, 0.15) is 37.1 Å². The van der Waals surface area contributed by atoms with E-state index in [4.69, 9.17) is 14.7 Å². The molecule has 0 aromatic carbocycles. The topological polar surface area (TPSA) is 64.9 Å². The van der Waals surface area contributed by atoms with Crippen LogP contribution in [0.4, 0.5) is 5.82 Å². The summed E-state index contributed by atoms with van der Waals surface area (Å²) < 4.78 is 7.75. The molecular formula is C15H19N5O. The first-order chi connectivity index (χ1) is 10.4. The summed E-state index contributed by atoms with van der Waals surface area (Å²) in [5.74, 6) is 1.68. The smallest absolute Gasteiger partial charge is 0.180 e. The van der Waals surface area contributed by atoms with E-state index in [1.54, 1.807) is 0 Å². The third-order valence-corrected chi connectivity index (χ3v) is 4.00. The number of fused-ring (bicyclic) bond motifs is 1. The fraction of sp³-hybridized carbons (Fsp3) is 0.533. The average molecular weight is 285 g/mol. The van der Waals surface area contributed by atoms with Crippen LogP contribution in [0.15, 0.2) is 12.5 Å². The molecule has 1 N–H and O–H groups in total. The predicted molar refractivity (Wildman–Crippen MR) is 79.0 cm³/mol. The fourth-order valence-electron chi connectivity index (χ4n) is 2.78. The summed E-state index contributed by atoms with van der Waals surface area (Å²) >= 11 is 0. The second-order valence-corrected chi connectivity index (χ2v) is 5.57. The standard InChI is InChI=1S/C15H19N5O/c1-2-17-14-11-8-21-6-5-12(11)18-15(19-14)13-7-16-9-20(13)10-3-4-10/h7,9-10H,2-6,8H2,1H3,(H,17,18,19). The average Bonchev–Trinajstić information content (AvgIpc) is 3.24. The SMILES string of the molecule is CCNc1nc(-c2cncn2C2CC2)nc2c1COCC2. The van der Waals surface area contributed by atoms with E-state index in [9.17, 15) is 0 Å². The Balaban J connectivity index is 1.81. The first kappa shape index (κ1) is 12.8. The van der Waals surface area contributed by atoms with Gasteiger partial charge in [0.1, 0.15) is 11.5 Å². The van der Waals surface area contributed by atoms with Crippen molar-refractivity contribution in [2.24, 2.45) is 0 Å². The number of aromatic nitrogens is 4. The summed E-state index contributed by atoms with van der Waals surface area (Å²) in [5, 5.41) is 3.34. The number of nitrogens with zero attached hydrogens (tertiary/aromatic N) is 4. The molecule has 1 fully saturated rings. The lowest BCUT2D eigenvalue weighted by Crippen LogP contribution is -2.17. The van der Waals surface area contributed by atoms with Crippen molar-refractivity contribution in [2.45, 2.75) is 38.8 Å². The van der Waals surface area contributed by atoms with Crippen LogP contribution in [0.3, 0.4) is 0 Å². The molecule has 2 aliphatic rings. The summed E-state index contributed by atoms with van der Waals surface area (Å²) in [6.45, 7) is 4.24. The van der Waals surface area contributed by atoms with E-state index < -0.39 is 0 Å². The molecule has 21 heavy (non-hydrogen) atoms. The summed E-state index contributed by atoms with van der Waals surface area (Å²) in [6, 6.07) is 0.577. The molecule has 0 amide bonds. The molecule has 0 saturated heterocycles. The van der Waals surface area contributed by atoms with Gasteiger partial charge in [-0.05, 0) is 19.8 Å². The molecule has 0 spiro atoms. The number of hydrogen-bond acceptors (Lipinski definition) is 5. The van der Waals surface area contributed by atoms with Crippen LogP contribution in [0.25, 0.3) is 11.5 Å². The zero-order valence-electron chi connectivity index (χ0n) is 12.2. The molecule has 2 aromatic heterocycles. The first-order valence-corrected chi connectivity index (χ1v) is 7.60. The molecule has 110 valence electrons. The fourth-order valence-corrected chi connectivity index (χ4v) is 2.78. The van der Waals surface area contributed by atoms with Gasteiger partial charge in [0, 0.05) is 24.6 Å². The Morgan fingerprint density at radius 1 is 1.38 bits per heavy atom. The Morgan fingerprint density at radius 2 is 2.29 bits per heavy atom. The van der Waals surface area contributed by atoms with Gasteiger partial charge in [-0.3, -0.25) is 0 Å². The maximum atomic E-state index is 5.55. The molecule has 4 rings (SSSR count). The summed E-state index contributed by atoms with van der Waals surface area (Å²) in [7, 11) is 0. The van der Waals surface area contributed by atoms with Crippen molar-refractivity contribution in [1.29, 1.82) is 0 Å². The lowest BCUT2D eigenvalue weighted by Gasteiger charge is -2.20. The van der Waals surface area contributed by atoms with Crippen LogP contribution in [0.5, 0.6) is 0 Å². The quantitative estimate of drug-likeness (QED) is 0.932. The van der Waals surface area contributed by atoms with E-state index >= 15 is 0 Å². The van der Waals surface area contributed by atoms with Crippen molar-refractivity contribution >= 4 is 5.82 Å². The third kappa shape index (κ3) is 2.29. The molecule has 0 bridgehead atoms. The van der Waals surface area contributed by atoms with E-state index in [-0.39, 0.29) is 0 Å². The van der Waals surface area contributed by atoms with Crippen molar-refractivity contribution in [1.82, 2.24) is 19.5 Å². The van der Waals surface area contributed by atoms with Crippen molar-refractivity contribution < 1.29 is 4.74 Å². The molecule has 2 aromatic rings. The zero-order valence-corrected chi connectivity index (χ0v) is 12.2. The van der Waals surface area contributed by atoms with E-state index in [1.165, 1.54) is 12.8 Å². The number of rotatable bonds is 4. The molecule has 6 nitrogen and oxygen atoms in total. The van der Waals surface area contributed by atoms with Gasteiger partial charge >= 0.3 is 0 Å². The summed E-state index contributed by atoms with van der Waals surface area (Å²) in [5.41, 5.74) is 3.22. The van der Waals surface area contributed by atoms with Gasteiger partial charge in [0.25, 0.3) is 0 Å². The molecule has 0 radical (unpaired) electrons. The largest absolute Gasteiger partial charge is 0.376 e. The predicted octanol–water partition coefficient (Wildman–Crippen LogP) is 2.18. The van der Waals surface area contributed by atoms with Crippen molar-refractivity contribution in [3.8, 4) is 11.5 Å². The Kier molecular flexibility index (Phi) is 3.11. The summed E-state index contributed by atoms with van der Waals surface area (Å²) in [6.07, 6.45) is 7.06. The molecule has 0 unspecified atom stereocenters. The molecule has 1 aliphatic heterocycles. The Hall–Kier alpha value is -1.95. The van der Waals surface area contributed by atoms with Gasteiger partial charge in [-0.25, -0.2) is 15.0 Å². The highest BCUT2D eigenvalue weighted by Crippen LogP contribution is 2.38. The highest BCUT2D eigenvalue weighted by Gasteiger charge is 2.27. The number of imidazole rings is 1. The highest BCUT2D eigenvalue weighted by molar-refractivity contribution is 5.57. The molecule has 6 heteroatoms. The van der Waals surface area contributed by atoms with Gasteiger partial charge in [0.15, 0.2) is 5.82 Å². The first-order valence-electron chi connectivity index (χ1n) is 7.60. The van der Waals surface area contributed by atoms with Crippen LogP contribution in [0, 0.1) is 0 Å². The molecular weight excluding hydrogens is 266 g/mol. The Labute approximate surface area is 123 Å². The third-order valence-electron chi connectivity index (χ3n) is 4.00. The molecule has 1 aliphatic carbocycles. The van der Waals surface area contributed by atoms with Gasteiger partial charge < -0.3 is 14.6 Å². The van der Waals surface area contributed by atoms with Gasteiger partial charge in [0.2, 0.25) is 0 Å². The lowest BCUT2D eigenvalue weighted by atomic mass is 10.1. The van der Waals surface area contributed by atoms with Crippen molar-refractivity contribution in [3.63, 3.8) is 0 Å². The number of anilines is 1. The van der Waals surface area contributed by atoms with Gasteiger partial charge in [0.05, 0.1) is 31.4 Å². The Morgan fingerprint density at radius 3 is 3.10 bits per heavy atom. The number of hydrogen-bond donors (Lipinski definition) is 1. The zero-order chi connectivity index (χ0) is 14.2. The van der Waals surface area contributed by atoms with E-state index in [0.717, 1.165) is 48.2 Å². The van der Waals surface area contributed by atoms with Crippen LogP contribution in [-0.2, 0) is 17.8 Å². The number of ether oxygens (including phenoxy) is 1. The second kappa shape index (κ2) is 5.11. The van der Waals surface area contributed by atoms with Crippen LogP contribution >= 0.6 is 0 Å². The lowest BCUT2D eigenvalue weighted by molar-refractivity contribution is 0.109. The maximum absolute atomic E-state index is 5.55. The van der Waals surface area contributed by atoms with E-state index in [0.29, 0.717) is 12.6 Å². The monoisotopic (exact) mass is 285 g/mol. The minimum absolute atomic E-state index is 0.577. The minimum Gasteiger partial charge on any atom is -0.376 e. The molecule has 3 heterocycles. The summed E-state index contributed by atoms with van der Waals surface area (Å²) in [4.78, 5) is 13.8. The second-order valence-electron chi connectivity index (χ2n) is 5.57. The number of nitrogens with one attached hydrogen (secondary N) is 1. The van der Waals surface area contributed by atoms with Crippen LogP contribution in [-0.4, -0.2) is 32.7 Å².